The molecule has 4 nitrogen and oxygen atoms in total. The van der Waals surface area contributed by atoms with Crippen LogP contribution in [0.25, 0.3) is 0 Å². The molecule has 0 bridgehead atoms. The number of benzene rings is 1. The number of ketones is 1. The van der Waals surface area contributed by atoms with Crippen LogP contribution in [0.4, 0.5) is 20.2 Å². The van der Waals surface area contributed by atoms with Gasteiger partial charge < -0.3 is 10.6 Å². The molecular weight excluding hydrogens is 218 g/mol. The van der Waals surface area contributed by atoms with Gasteiger partial charge in [-0.2, -0.15) is 0 Å². The first-order chi connectivity index (χ1) is 7.49. The van der Waals surface area contributed by atoms with Crippen molar-refractivity contribution in [3.63, 3.8) is 0 Å². The smallest absolute Gasteiger partial charge is 0.234 e. The molecule has 0 unspecified atom stereocenters. The molecule has 1 heterocycles. The van der Waals surface area contributed by atoms with Crippen LogP contribution in [-0.4, -0.2) is 18.2 Å². The van der Waals surface area contributed by atoms with Gasteiger partial charge in [0.2, 0.25) is 5.91 Å². The van der Waals surface area contributed by atoms with Gasteiger partial charge in [0.1, 0.15) is 5.82 Å². The molecule has 84 valence electrons. The number of carbonyl (C=O) groups is 2. The topological polar surface area (TPSA) is 63.4 Å². The average Bonchev–Trinajstić information content (AvgIpc) is 2.51. The number of hydrogen-bond donors (Lipinski definition) is 1. The number of nitrogens with two attached hydrogens (primary N) is 1. The maximum Gasteiger partial charge on any atom is 0.234 e. The molecule has 0 radical (unpaired) electrons. The molecule has 1 fully saturated rings. The molecule has 0 spiro atoms. The summed E-state index contributed by atoms with van der Waals surface area (Å²) in [5.41, 5.74) is 4.97. The zero-order chi connectivity index (χ0) is 11.9. The van der Waals surface area contributed by atoms with Crippen LogP contribution in [0.5, 0.6) is 0 Å². The van der Waals surface area contributed by atoms with E-state index >= 15 is 0 Å². The lowest BCUT2D eigenvalue weighted by molar-refractivity contribution is -0.121. The number of carbonyl (C=O) groups excluding carboxylic acids is 2. The highest BCUT2D eigenvalue weighted by atomic mass is 19.1. The Hall–Kier alpha value is -1.98. The number of anilines is 2. The second kappa shape index (κ2) is 3.55. The van der Waals surface area contributed by atoms with E-state index in [1.54, 1.807) is 0 Å². The maximum atomic E-state index is 13.1. The van der Waals surface area contributed by atoms with Gasteiger partial charge in [0.25, 0.3) is 0 Å². The van der Waals surface area contributed by atoms with Gasteiger partial charge in [0.15, 0.2) is 11.6 Å². The summed E-state index contributed by atoms with van der Waals surface area (Å²) in [5.74, 6) is -2.58. The van der Waals surface area contributed by atoms with Crippen LogP contribution in [0, 0.1) is 11.6 Å². The number of Topliss-reactive ketones (excluding diaryl/α,β-unsaturated/α-hetero) is 1. The van der Waals surface area contributed by atoms with Crippen LogP contribution in [0.2, 0.25) is 0 Å². The highest BCUT2D eigenvalue weighted by Gasteiger charge is 2.30. The average molecular weight is 226 g/mol. The molecule has 0 aliphatic carbocycles. The van der Waals surface area contributed by atoms with Crippen LogP contribution < -0.4 is 10.6 Å². The van der Waals surface area contributed by atoms with E-state index in [0.717, 1.165) is 11.0 Å². The molecule has 1 aliphatic heterocycles. The zero-order valence-corrected chi connectivity index (χ0v) is 8.17. The molecule has 0 saturated carbocycles. The minimum atomic E-state index is -0.942. The molecule has 2 rings (SSSR count). The van der Waals surface area contributed by atoms with Crippen molar-refractivity contribution in [2.45, 2.75) is 6.42 Å². The van der Waals surface area contributed by atoms with Crippen molar-refractivity contribution in [1.82, 2.24) is 0 Å². The van der Waals surface area contributed by atoms with E-state index in [9.17, 15) is 18.4 Å². The van der Waals surface area contributed by atoms with Gasteiger partial charge in [0.05, 0.1) is 24.3 Å². The minimum absolute atomic E-state index is 0.0895. The molecule has 2 N–H and O–H groups in total. The van der Waals surface area contributed by atoms with Crippen molar-refractivity contribution in [2.24, 2.45) is 0 Å². The SMILES string of the molecule is Nc1c(F)cc(F)cc1N1CC(=O)CC1=O. The predicted molar refractivity (Wildman–Crippen MR) is 52.7 cm³/mol. The van der Waals surface area contributed by atoms with Crippen LogP contribution in [0.15, 0.2) is 12.1 Å². The molecule has 1 aromatic carbocycles. The van der Waals surface area contributed by atoms with Crippen LogP contribution >= 0.6 is 0 Å². The van der Waals surface area contributed by atoms with E-state index in [1.165, 1.54) is 0 Å². The second-order valence-corrected chi connectivity index (χ2v) is 3.52. The lowest BCUT2D eigenvalue weighted by Gasteiger charge is -2.17. The van der Waals surface area contributed by atoms with Crippen LogP contribution in [-0.2, 0) is 9.59 Å². The molecule has 1 amide bonds. The Morgan fingerprint density at radius 1 is 1.25 bits per heavy atom. The Morgan fingerprint density at radius 2 is 1.94 bits per heavy atom. The number of halogens is 2. The molecule has 1 aliphatic rings. The van der Waals surface area contributed by atoms with Gasteiger partial charge in [-0.1, -0.05) is 0 Å². The fraction of sp³-hybridized carbons (Fsp3) is 0.200. The summed E-state index contributed by atoms with van der Waals surface area (Å²) >= 11 is 0. The third kappa shape index (κ3) is 1.62. The monoisotopic (exact) mass is 226 g/mol. The predicted octanol–water partition coefficient (Wildman–Crippen LogP) is 0.853. The van der Waals surface area contributed by atoms with E-state index < -0.39 is 17.5 Å². The number of hydrogen-bond acceptors (Lipinski definition) is 3. The van der Waals surface area contributed by atoms with Crippen molar-refractivity contribution in [3.8, 4) is 0 Å². The lowest BCUT2D eigenvalue weighted by atomic mass is 10.2. The summed E-state index contributed by atoms with van der Waals surface area (Å²) in [4.78, 5) is 23.4. The van der Waals surface area contributed by atoms with E-state index in [1.807, 2.05) is 0 Å². The first kappa shape index (κ1) is 10.5. The van der Waals surface area contributed by atoms with Crippen molar-refractivity contribution in [1.29, 1.82) is 0 Å². The van der Waals surface area contributed by atoms with Crippen molar-refractivity contribution in [2.75, 3.05) is 17.2 Å². The van der Waals surface area contributed by atoms with Crippen molar-refractivity contribution >= 4 is 23.1 Å². The normalized spacial score (nSPS) is 16.0. The van der Waals surface area contributed by atoms with Gasteiger partial charge in [0, 0.05) is 6.07 Å². The molecule has 6 heteroatoms. The highest BCUT2D eigenvalue weighted by Crippen LogP contribution is 2.29. The molecule has 16 heavy (non-hydrogen) atoms. The highest BCUT2D eigenvalue weighted by molar-refractivity contribution is 6.15. The molecule has 0 atom stereocenters. The molecule has 1 saturated heterocycles. The van der Waals surface area contributed by atoms with Crippen molar-refractivity contribution in [3.05, 3.63) is 23.8 Å². The number of nitrogen functional groups attached to an aromatic ring is 1. The largest absolute Gasteiger partial charge is 0.395 e. The second-order valence-electron chi connectivity index (χ2n) is 3.52. The minimum Gasteiger partial charge on any atom is -0.395 e. The van der Waals surface area contributed by atoms with Gasteiger partial charge in [-0.05, 0) is 6.07 Å². The fourth-order valence-electron chi connectivity index (χ4n) is 1.60. The quantitative estimate of drug-likeness (QED) is 0.570. The first-order valence-corrected chi connectivity index (χ1v) is 4.55. The summed E-state index contributed by atoms with van der Waals surface area (Å²) in [6.07, 6.45) is -0.252. The number of nitrogens with zero attached hydrogens (tertiary/aromatic N) is 1. The summed E-state index contributed by atoms with van der Waals surface area (Å²) in [7, 11) is 0. The maximum absolute atomic E-state index is 13.1. The van der Waals surface area contributed by atoms with E-state index in [-0.39, 0.29) is 30.1 Å². The van der Waals surface area contributed by atoms with Crippen molar-refractivity contribution < 1.29 is 18.4 Å². The Labute approximate surface area is 89.6 Å². The number of rotatable bonds is 1. The standard InChI is InChI=1S/C10H8F2N2O2/c11-5-1-7(12)10(13)8(2-5)14-4-6(15)3-9(14)16/h1-2H,3-4,13H2. The van der Waals surface area contributed by atoms with Gasteiger partial charge in [-0.25, -0.2) is 8.78 Å². The Bertz CT molecular complexity index is 488. The first-order valence-electron chi connectivity index (χ1n) is 4.55. The zero-order valence-electron chi connectivity index (χ0n) is 8.17. The Kier molecular flexibility index (Phi) is 2.34. The van der Waals surface area contributed by atoms with Gasteiger partial charge in [-0.15, -0.1) is 0 Å². The summed E-state index contributed by atoms with van der Waals surface area (Å²) in [6, 6.07) is 1.57. The van der Waals surface area contributed by atoms with E-state index in [0.29, 0.717) is 6.07 Å². The Balaban J connectivity index is 2.48. The fourth-order valence-corrected chi connectivity index (χ4v) is 1.60. The molecule has 1 aromatic rings. The summed E-state index contributed by atoms with van der Waals surface area (Å²) in [6.45, 7) is -0.189. The van der Waals surface area contributed by atoms with Crippen LogP contribution in [0.3, 0.4) is 0 Å². The lowest BCUT2D eigenvalue weighted by Crippen LogP contribution is -2.26. The van der Waals surface area contributed by atoms with E-state index in [2.05, 4.69) is 0 Å². The molecular formula is C10H8F2N2O2. The summed E-state index contributed by atoms with van der Waals surface area (Å²) < 4.78 is 26.1. The number of amides is 1. The van der Waals surface area contributed by atoms with E-state index in [4.69, 9.17) is 5.73 Å². The molecule has 0 aromatic heterocycles. The van der Waals surface area contributed by atoms with Gasteiger partial charge in [-0.3, -0.25) is 9.59 Å². The third-order valence-electron chi connectivity index (χ3n) is 2.35. The van der Waals surface area contributed by atoms with Gasteiger partial charge >= 0.3 is 0 Å². The summed E-state index contributed by atoms with van der Waals surface area (Å²) in [5, 5.41) is 0. The third-order valence-corrected chi connectivity index (χ3v) is 2.35. The Morgan fingerprint density at radius 3 is 2.50 bits per heavy atom. The van der Waals surface area contributed by atoms with Crippen LogP contribution in [0.1, 0.15) is 6.42 Å².